The SMILES string of the molecule is CC1CSc2nnc(CCc3ccco3)n2N1. The summed E-state index contributed by atoms with van der Waals surface area (Å²) in [7, 11) is 0. The smallest absolute Gasteiger partial charge is 0.210 e. The zero-order valence-corrected chi connectivity index (χ0v) is 10.4. The second kappa shape index (κ2) is 4.44. The van der Waals surface area contributed by atoms with Crippen molar-refractivity contribution in [3.8, 4) is 0 Å². The second-order valence-electron chi connectivity index (χ2n) is 4.15. The molecule has 5 nitrogen and oxygen atoms in total. The van der Waals surface area contributed by atoms with Gasteiger partial charge in [-0.15, -0.1) is 10.2 Å². The third kappa shape index (κ3) is 2.17. The number of fused-ring (bicyclic) bond motifs is 1. The molecule has 0 fully saturated rings. The molecular weight excluding hydrogens is 236 g/mol. The van der Waals surface area contributed by atoms with Crippen molar-refractivity contribution in [3.63, 3.8) is 0 Å². The van der Waals surface area contributed by atoms with E-state index in [9.17, 15) is 0 Å². The van der Waals surface area contributed by atoms with E-state index in [0.717, 1.165) is 35.3 Å². The molecule has 0 radical (unpaired) electrons. The van der Waals surface area contributed by atoms with E-state index in [0.29, 0.717) is 6.04 Å². The third-order valence-electron chi connectivity index (χ3n) is 2.69. The van der Waals surface area contributed by atoms with Crippen LogP contribution in [0.5, 0.6) is 0 Å². The first-order chi connectivity index (χ1) is 8.33. The summed E-state index contributed by atoms with van der Waals surface area (Å²) in [6.07, 6.45) is 3.39. The highest BCUT2D eigenvalue weighted by Crippen LogP contribution is 2.22. The number of furan rings is 1. The molecule has 90 valence electrons. The second-order valence-corrected chi connectivity index (χ2v) is 5.14. The summed E-state index contributed by atoms with van der Waals surface area (Å²) in [5, 5.41) is 9.35. The fraction of sp³-hybridized carbons (Fsp3) is 0.455. The molecule has 3 heterocycles. The highest BCUT2D eigenvalue weighted by atomic mass is 32.2. The zero-order valence-electron chi connectivity index (χ0n) is 9.59. The van der Waals surface area contributed by atoms with Crippen molar-refractivity contribution in [1.82, 2.24) is 14.9 Å². The Bertz CT molecular complexity index is 494. The molecular formula is C11H14N4OS. The van der Waals surface area contributed by atoms with Crippen LogP contribution in [0.1, 0.15) is 18.5 Å². The van der Waals surface area contributed by atoms with Gasteiger partial charge in [0.25, 0.3) is 0 Å². The number of aryl methyl sites for hydroxylation is 2. The highest BCUT2D eigenvalue weighted by Gasteiger charge is 2.19. The first-order valence-electron chi connectivity index (χ1n) is 5.69. The Kier molecular flexibility index (Phi) is 2.80. The minimum absolute atomic E-state index is 0.450. The van der Waals surface area contributed by atoms with Crippen molar-refractivity contribution in [3.05, 3.63) is 30.0 Å². The van der Waals surface area contributed by atoms with Gasteiger partial charge in [-0.3, -0.25) is 0 Å². The van der Waals surface area contributed by atoms with Crippen LogP contribution in [0.3, 0.4) is 0 Å². The lowest BCUT2D eigenvalue weighted by Crippen LogP contribution is -2.33. The van der Waals surface area contributed by atoms with Gasteiger partial charge in [0.1, 0.15) is 5.76 Å². The molecule has 3 rings (SSSR count). The molecule has 0 amide bonds. The van der Waals surface area contributed by atoms with Crippen molar-refractivity contribution < 1.29 is 4.42 Å². The average molecular weight is 250 g/mol. The molecule has 1 unspecified atom stereocenters. The maximum absolute atomic E-state index is 5.31. The first-order valence-corrected chi connectivity index (χ1v) is 6.67. The topological polar surface area (TPSA) is 55.9 Å². The van der Waals surface area contributed by atoms with Gasteiger partial charge >= 0.3 is 0 Å². The lowest BCUT2D eigenvalue weighted by Gasteiger charge is -2.22. The van der Waals surface area contributed by atoms with Gasteiger partial charge in [-0.2, -0.15) is 0 Å². The fourth-order valence-electron chi connectivity index (χ4n) is 1.83. The lowest BCUT2D eigenvalue weighted by atomic mass is 10.2. The number of hydrogen-bond acceptors (Lipinski definition) is 5. The number of thioether (sulfide) groups is 1. The molecule has 17 heavy (non-hydrogen) atoms. The van der Waals surface area contributed by atoms with Gasteiger partial charge in [-0.25, -0.2) is 4.68 Å². The molecule has 0 saturated heterocycles. The van der Waals surface area contributed by atoms with Crippen LogP contribution in [0.25, 0.3) is 0 Å². The normalized spacial score (nSPS) is 18.8. The van der Waals surface area contributed by atoms with Crippen LogP contribution in [0, 0.1) is 0 Å². The van der Waals surface area contributed by atoms with Crippen molar-refractivity contribution in [2.75, 3.05) is 11.2 Å². The van der Waals surface area contributed by atoms with Crippen molar-refractivity contribution >= 4 is 11.8 Å². The van der Waals surface area contributed by atoms with Gasteiger partial charge in [0.05, 0.1) is 6.26 Å². The monoisotopic (exact) mass is 250 g/mol. The van der Waals surface area contributed by atoms with Gasteiger partial charge < -0.3 is 9.84 Å². The highest BCUT2D eigenvalue weighted by molar-refractivity contribution is 7.99. The van der Waals surface area contributed by atoms with Crippen LogP contribution in [0.4, 0.5) is 0 Å². The molecule has 0 aromatic carbocycles. The summed E-state index contributed by atoms with van der Waals surface area (Å²) >= 11 is 1.74. The molecule has 0 saturated carbocycles. The van der Waals surface area contributed by atoms with E-state index in [2.05, 4.69) is 22.5 Å². The van der Waals surface area contributed by atoms with E-state index in [1.165, 1.54) is 0 Å². The fourth-order valence-corrected chi connectivity index (χ4v) is 2.69. The maximum Gasteiger partial charge on any atom is 0.210 e. The largest absolute Gasteiger partial charge is 0.469 e. The molecule has 2 aromatic rings. The number of aromatic nitrogens is 3. The lowest BCUT2D eigenvalue weighted by molar-refractivity contribution is 0.503. The van der Waals surface area contributed by atoms with Crippen LogP contribution in [-0.2, 0) is 12.8 Å². The minimum Gasteiger partial charge on any atom is -0.469 e. The number of rotatable bonds is 3. The van der Waals surface area contributed by atoms with E-state index < -0.39 is 0 Å². The number of hydrogen-bond donors (Lipinski definition) is 1. The molecule has 1 aliphatic heterocycles. The third-order valence-corrected chi connectivity index (χ3v) is 3.88. The van der Waals surface area contributed by atoms with Crippen LogP contribution in [0.15, 0.2) is 28.0 Å². The average Bonchev–Trinajstić information content (AvgIpc) is 2.94. The quantitative estimate of drug-likeness (QED) is 0.898. The zero-order chi connectivity index (χ0) is 11.7. The van der Waals surface area contributed by atoms with Gasteiger partial charge in [-0.1, -0.05) is 11.8 Å². The van der Waals surface area contributed by atoms with Gasteiger partial charge in [0, 0.05) is 24.6 Å². The summed E-state index contributed by atoms with van der Waals surface area (Å²) in [4.78, 5) is 0. The maximum atomic E-state index is 5.31. The van der Waals surface area contributed by atoms with Crippen LogP contribution < -0.4 is 5.43 Å². The van der Waals surface area contributed by atoms with Crippen molar-refractivity contribution in [1.29, 1.82) is 0 Å². The number of nitrogens with one attached hydrogen (secondary N) is 1. The van der Waals surface area contributed by atoms with Crippen molar-refractivity contribution in [2.45, 2.75) is 31.0 Å². The predicted octanol–water partition coefficient (Wildman–Crippen LogP) is 1.69. The molecule has 2 aromatic heterocycles. The molecule has 1 N–H and O–H groups in total. The summed E-state index contributed by atoms with van der Waals surface area (Å²) in [6, 6.07) is 4.34. The molecule has 0 spiro atoms. The summed E-state index contributed by atoms with van der Waals surface area (Å²) in [5.74, 6) is 2.99. The Morgan fingerprint density at radius 3 is 3.29 bits per heavy atom. The predicted molar refractivity (Wildman–Crippen MR) is 65.7 cm³/mol. The standard InChI is InChI=1S/C11H14N4OS/c1-8-7-17-11-13-12-10(15(11)14-8)5-4-9-3-2-6-16-9/h2-3,6,8,14H,4-5,7H2,1H3. The Balaban J connectivity index is 1.73. The number of nitrogens with zero attached hydrogens (tertiary/aromatic N) is 3. The van der Waals surface area contributed by atoms with Gasteiger partial charge in [0.2, 0.25) is 5.16 Å². The molecule has 1 atom stereocenters. The molecule has 0 bridgehead atoms. The van der Waals surface area contributed by atoms with Crippen LogP contribution in [-0.4, -0.2) is 26.7 Å². The summed E-state index contributed by atoms with van der Waals surface area (Å²) in [6.45, 7) is 2.16. The van der Waals surface area contributed by atoms with Crippen LogP contribution in [0.2, 0.25) is 0 Å². The Labute approximate surface area is 104 Å². The first kappa shape index (κ1) is 10.7. The Morgan fingerprint density at radius 1 is 1.53 bits per heavy atom. The van der Waals surface area contributed by atoms with E-state index in [1.54, 1.807) is 18.0 Å². The molecule has 1 aliphatic rings. The van der Waals surface area contributed by atoms with Crippen molar-refractivity contribution in [2.24, 2.45) is 0 Å². The summed E-state index contributed by atoms with van der Waals surface area (Å²) in [5.41, 5.74) is 3.38. The van der Waals surface area contributed by atoms with E-state index in [-0.39, 0.29) is 0 Å². The van der Waals surface area contributed by atoms with E-state index >= 15 is 0 Å². The minimum atomic E-state index is 0.450. The van der Waals surface area contributed by atoms with E-state index in [4.69, 9.17) is 4.42 Å². The Morgan fingerprint density at radius 2 is 2.47 bits per heavy atom. The molecule has 0 aliphatic carbocycles. The molecule has 6 heteroatoms. The van der Waals surface area contributed by atoms with E-state index in [1.807, 2.05) is 16.8 Å². The van der Waals surface area contributed by atoms with Gasteiger partial charge in [-0.05, 0) is 19.1 Å². The van der Waals surface area contributed by atoms with Crippen LogP contribution >= 0.6 is 11.8 Å². The Hall–Kier alpha value is -1.43. The van der Waals surface area contributed by atoms with Gasteiger partial charge in [0.15, 0.2) is 5.82 Å². The summed E-state index contributed by atoms with van der Waals surface area (Å²) < 4.78 is 7.32.